The van der Waals surface area contributed by atoms with Crippen LogP contribution in [0.5, 0.6) is 5.75 Å². The molecule has 1 amide bonds. The van der Waals surface area contributed by atoms with Crippen molar-refractivity contribution < 1.29 is 9.53 Å². The van der Waals surface area contributed by atoms with Crippen LogP contribution in [0.4, 0.5) is 0 Å². The number of hydrazone groups is 1. The van der Waals surface area contributed by atoms with E-state index in [-0.39, 0.29) is 11.8 Å². The Balaban J connectivity index is 2.16. The van der Waals surface area contributed by atoms with Crippen molar-refractivity contribution >= 4 is 17.7 Å². The lowest BCUT2D eigenvalue weighted by atomic mass is 10.0. The number of allylic oxidation sites excluding steroid dienone is 1. The number of carbonyl (C=O) groups is 1. The van der Waals surface area contributed by atoms with Crippen LogP contribution in [0.25, 0.3) is 6.08 Å². The molecule has 0 fully saturated rings. The topological polar surface area (TPSA) is 53.9 Å². The number of nitrogens with one attached hydrogen (secondary N) is 1. The van der Waals surface area contributed by atoms with Gasteiger partial charge < -0.3 is 9.64 Å². The van der Waals surface area contributed by atoms with Gasteiger partial charge in [-0.15, -0.1) is 0 Å². The van der Waals surface area contributed by atoms with Crippen LogP contribution in [0.3, 0.4) is 0 Å². The number of hydrogen-bond donors (Lipinski definition) is 1. The van der Waals surface area contributed by atoms with Crippen molar-refractivity contribution in [3.05, 3.63) is 71.8 Å². The van der Waals surface area contributed by atoms with E-state index >= 15 is 0 Å². The molecule has 27 heavy (non-hydrogen) atoms. The zero-order chi connectivity index (χ0) is 19.6. The van der Waals surface area contributed by atoms with Crippen molar-refractivity contribution in [1.82, 2.24) is 10.3 Å². The van der Waals surface area contributed by atoms with Crippen molar-refractivity contribution in [2.45, 2.75) is 6.92 Å². The summed E-state index contributed by atoms with van der Waals surface area (Å²) < 4.78 is 5.18. The number of ether oxygens (including phenoxy) is 1. The third-order valence-electron chi connectivity index (χ3n) is 4.03. The fourth-order valence-corrected chi connectivity index (χ4v) is 2.62. The molecule has 2 aromatic rings. The molecule has 0 aliphatic carbocycles. The highest BCUT2D eigenvalue weighted by Crippen LogP contribution is 2.13. The predicted molar refractivity (Wildman–Crippen MR) is 111 cm³/mol. The molecule has 0 saturated heterocycles. The fraction of sp³-hybridized carbons (Fsp3) is 0.273. The van der Waals surface area contributed by atoms with Crippen LogP contribution in [0.2, 0.25) is 0 Å². The minimum Gasteiger partial charge on any atom is -0.497 e. The van der Waals surface area contributed by atoms with Gasteiger partial charge in [0.1, 0.15) is 5.75 Å². The van der Waals surface area contributed by atoms with Gasteiger partial charge in [0.25, 0.3) is 5.91 Å². The first kappa shape index (κ1) is 20.4. The highest BCUT2D eigenvalue weighted by Gasteiger charge is 2.11. The first-order valence-electron chi connectivity index (χ1n) is 8.89. The summed E-state index contributed by atoms with van der Waals surface area (Å²) in [7, 11) is 5.68. The van der Waals surface area contributed by atoms with Crippen LogP contribution in [-0.4, -0.2) is 44.3 Å². The van der Waals surface area contributed by atoms with E-state index < -0.39 is 0 Å². The molecule has 5 nitrogen and oxygen atoms in total. The van der Waals surface area contributed by atoms with Gasteiger partial charge >= 0.3 is 0 Å². The van der Waals surface area contributed by atoms with Crippen LogP contribution in [0.1, 0.15) is 22.8 Å². The highest BCUT2D eigenvalue weighted by molar-refractivity contribution is 6.01. The Kier molecular flexibility index (Phi) is 7.77. The van der Waals surface area contributed by atoms with E-state index in [9.17, 15) is 4.79 Å². The molecular weight excluding hydrogens is 338 g/mol. The molecule has 0 aliphatic heterocycles. The second-order valence-corrected chi connectivity index (χ2v) is 6.61. The lowest BCUT2D eigenvalue weighted by Gasteiger charge is -2.17. The molecule has 0 aromatic heterocycles. The maximum absolute atomic E-state index is 12.3. The molecule has 5 heteroatoms. The SMILES string of the molecule is COc1ccc(C=CC(=NNC(=O)c2ccccc2)C(C)CN(C)C)cc1. The van der Waals surface area contributed by atoms with Gasteiger partial charge in [-0.1, -0.05) is 43.3 Å². The molecule has 1 atom stereocenters. The number of amides is 1. The zero-order valence-electron chi connectivity index (χ0n) is 16.3. The molecule has 0 radical (unpaired) electrons. The summed E-state index contributed by atoms with van der Waals surface area (Å²) in [5.74, 6) is 0.755. The second-order valence-electron chi connectivity index (χ2n) is 6.61. The van der Waals surface area contributed by atoms with Gasteiger partial charge in [0.05, 0.1) is 12.8 Å². The number of benzene rings is 2. The molecule has 2 aromatic carbocycles. The Hall–Kier alpha value is -2.92. The molecule has 0 heterocycles. The smallest absolute Gasteiger partial charge is 0.271 e. The maximum Gasteiger partial charge on any atom is 0.271 e. The average Bonchev–Trinajstić information content (AvgIpc) is 2.68. The molecule has 142 valence electrons. The summed E-state index contributed by atoms with van der Waals surface area (Å²) in [4.78, 5) is 14.4. The third kappa shape index (κ3) is 6.72. The molecule has 0 saturated carbocycles. The van der Waals surface area contributed by atoms with Crippen LogP contribution >= 0.6 is 0 Å². The van der Waals surface area contributed by atoms with Crippen LogP contribution in [-0.2, 0) is 0 Å². The average molecular weight is 365 g/mol. The maximum atomic E-state index is 12.3. The molecule has 2 rings (SSSR count). The van der Waals surface area contributed by atoms with E-state index in [0.717, 1.165) is 23.6 Å². The van der Waals surface area contributed by atoms with E-state index in [1.807, 2.05) is 68.7 Å². The van der Waals surface area contributed by atoms with Gasteiger partial charge in [0.15, 0.2) is 0 Å². The number of rotatable bonds is 8. The summed E-state index contributed by atoms with van der Waals surface area (Å²) in [6.07, 6.45) is 3.93. The van der Waals surface area contributed by atoms with Crippen molar-refractivity contribution in [1.29, 1.82) is 0 Å². The Bertz CT molecular complexity index is 781. The summed E-state index contributed by atoms with van der Waals surface area (Å²) in [6, 6.07) is 16.9. The first-order valence-corrected chi connectivity index (χ1v) is 8.89. The van der Waals surface area contributed by atoms with Gasteiger partial charge in [-0.2, -0.15) is 5.10 Å². The van der Waals surface area contributed by atoms with Crippen LogP contribution in [0, 0.1) is 5.92 Å². The number of methoxy groups -OCH3 is 1. The van der Waals surface area contributed by atoms with E-state index in [4.69, 9.17) is 4.74 Å². The summed E-state index contributed by atoms with van der Waals surface area (Å²) in [5, 5.41) is 4.38. The normalized spacial score (nSPS) is 13.0. The molecule has 0 bridgehead atoms. The largest absolute Gasteiger partial charge is 0.497 e. The van der Waals surface area contributed by atoms with E-state index in [1.165, 1.54) is 0 Å². The lowest BCUT2D eigenvalue weighted by molar-refractivity contribution is 0.0954. The highest BCUT2D eigenvalue weighted by atomic mass is 16.5. The molecular formula is C22H27N3O2. The summed E-state index contributed by atoms with van der Waals surface area (Å²) in [5.41, 5.74) is 5.10. The predicted octanol–water partition coefficient (Wildman–Crippen LogP) is 3.69. The first-order chi connectivity index (χ1) is 13.0. The Morgan fingerprint density at radius 1 is 1.15 bits per heavy atom. The second kappa shape index (κ2) is 10.3. The van der Waals surface area contributed by atoms with Gasteiger partial charge in [-0.25, -0.2) is 5.43 Å². The Morgan fingerprint density at radius 2 is 1.81 bits per heavy atom. The fourth-order valence-electron chi connectivity index (χ4n) is 2.62. The number of nitrogens with zero attached hydrogens (tertiary/aromatic N) is 2. The van der Waals surface area contributed by atoms with E-state index in [2.05, 4.69) is 22.4 Å². The van der Waals surface area contributed by atoms with Gasteiger partial charge in [0, 0.05) is 18.0 Å². The molecule has 1 unspecified atom stereocenters. The minimum atomic E-state index is -0.219. The van der Waals surface area contributed by atoms with Crippen molar-refractivity contribution in [3.8, 4) is 5.75 Å². The van der Waals surface area contributed by atoms with Crippen molar-refractivity contribution in [2.75, 3.05) is 27.7 Å². The van der Waals surface area contributed by atoms with Gasteiger partial charge in [-0.3, -0.25) is 4.79 Å². The van der Waals surface area contributed by atoms with Crippen molar-refractivity contribution in [3.63, 3.8) is 0 Å². The number of hydrogen-bond acceptors (Lipinski definition) is 4. The van der Waals surface area contributed by atoms with Gasteiger partial charge in [-0.05, 0) is 50.0 Å². The van der Waals surface area contributed by atoms with Crippen LogP contribution < -0.4 is 10.2 Å². The summed E-state index contributed by atoms with van der Waals surface area (Å²) in [6.45, 7) is 2.92. The Morgan fingerprint density at radius 3 is 2.41 bits per heavy atom. The van der Waals surface area contributed by atoms with E-state index in [1.54, 1.807) is 19.2 Å². The van der Waals surface area contributed by atoms with Crippen molar-refractivity contribution in [2.24, 2.45) is 11.0 Å². The third-order valence-corrected chi connectivity index (χ3v) is 4.03. The molecule has 1 N–H and O–H groups in total. The zero-order valence-corrected chi connectivity index (χ0v) is 16.3. The Labute approximate surface area is 161 Å². The summed E-state index contributed by atoms with van der Waals surface area (Å²) >= 11 is 0. The molecule has 0 spiro atoms. The quantitative estimate of drug-likeness (QED) is 0.573. The lowest BCUT2D eigenvalue weighted by Crippen LogP contribution is -2.27. The van der Waals surface area contributed by atoms with E-state index in [0.29, 0.717) is 5.56 Å². The number of carbonyl (C=O) groups excluding carboxylic acids is 1. The molecule has 0 aliphatic rings. The van der Waals surface area contributed by atoms with Gasteiger partial charge in [0.2, 0.25) is 0 Å². The monoisotopic (exact) mass is 365 g/mol. The standard InChI is InChI=1S/C22H27N3O2/c1-17(16-25(2)3)21(15-12-18-10-13-20(27-4)14-11-18)23-24-22(26)19-8-6-5-7-9-19/h5-15,17H,16H2,1-4H3,(H,24,26). The minimum absolute atomic E-state index is 0.158. The van der Waals surface area contributed by atoms with Crippen LogP contribution in [0.15, 0.2) is 65.8 Å².